The van der Waals surface area contributed by atoms with Crippen molar-refractivity contribution in [2.75, 3.05) is 0 Å². The second kappa shape index (κ2) is 7.60. The summed E-state index contributed by atoms with van der Waals surface area (Å²) in [7, 11) is 0. The van der Waals surface area contributed by atoms with Crippen molar-refractivity contribution in [1.82, 2.24) is 0 Å². The van der Waals surface area contributed by atoms with E-state index in [0.29, 0.717) is 11.8 Å². The summed E-state index contributed by atoms with van der Waals surface area (Å²) in [5, 5.41) is 0. The summed E-state index contributed by atoms with van der Waals surface area (Å²) >= 11 is 0. The molecule has 1 saturated heterocycles. The molecule has 3 heteroatoms. The summed E-state index contributed by atoms with van der Waals surface area (Å²) < 4.78 is 12.0. The number of rotatable bonds is 5. The van der Waals surface area contributed by atoms with Gasteiger partial charge in [0.2, 0.25) is 0 Å². The first-order valence-corrected chi connectivity index (χ1v) is 10.8. The second-order valence-electron chi connectivity index (χ2n) is 9.57. The number of hydrogen-bond donors (Lipinski definition) is 0. The quantitative estimate of drug-likeness (QED) is 0.474. The minimum atomic E-state index is -0.872. The lowest BCUT2D eigenvalue weighted by Gasteiger charge is -2.44. The SMILES string of the molecule is C[C@@H]1CC[C@@H](C(C)(C)c2ccccc2)[C@H](OC(=O)[C@]2(C)O[C@@H]2c2ccccc2)C1. The van der Waals surface area contributed by atoms with Gasteiger partial charge in [-0.3, -0.25) is 0 Å². The Kier molecular flexibility index (Phi) is 5.29. The fourth-order valence-electron chi connectivity index (χ4n) is 5.00. The summed E-state index contributed by atoms with van der Waals surface area (Å²) in [5.74, 6) is 0.635. The highest BCUT2D eigenvalue weighted by molar-refractivity contribution is 5.83. The van der Waals surface area contributed by atoms with Crippen LogP contribution in [0.3, 0.4) is 0 Å². The summed E-state index contributed by atoms with van der Waals surface area (Å²) in [6, 6.07) is 20.5. The van der Waals surface area contributed by atoms with E-state index < -0.39 is 5.60 Å². The van der Waals surface area contributed by atoms with Crippen LogP contribution < -0.4 is 0 Å². The molecule has 0 bridgehead atoms. The molecule has 29 heavy (non-hydrogen) atoms. The van der Waals surface area contributed by atoms with Crippen LogP contribution in [-0.4, -0.2) is 17.7 Å². The van der Waals surface area contributed by atoms with Crippen molar-refractivity contribution in [2.45, 2.75) is 70.2 Å². The van der Waals surface area contributed by atoms with Crippen LogP contribution in [0.5, 0.6) is 0 Å². The minimum Gasteiger partial charge on any atom is -0.460 e. The third kappa shape index (κ3) is 3.85. The molecule has 5 atom stereocenters. The number of benzene rings is 2. The van der Waals surface area contributed by atoms with Crippen molar-refractivity contribution in [3.63, 3.8) is 0 Å². The zero-order valence-electron chi connectivity index (χ0n) is 17.9. The van der Waals surface area contributed by atoms with Crippen molar-refractivity contribution < 1.29 is 14.3 Å². The highest BCUT2D eigenvalue weighted by Crippen LogP contribution is 2.51. The van der Waals surface area contributed by atoms with Gasteiger partial charge in [-0.1, -0.05) is 87.9 Å². The Balaban J connectivity index is 1.52. The number of hydrogen-bond acceptors (Lipinski definition) is 3. The average molecular weight is 393 g/mol. The van der Waals surface area contributed by atoms with Gasteiger partial charge < -0.3 is 9.47 Å². The third-order valence-electron chi connectivity index (χ3n) is 7.07. The maximum atomic E-state index is 13.1. The molecule has 0 amide bonds. The Bertz CT molecular complexity index is 845. The predicted molar refractivity (Wildman–Crippen MR) is 115 cm³/mol. The van der Waals surface area contributed by atoms with E-state index in [2.05, 4.69) is 51.1 Å². The molecule has 2 aliphatic rings. The number of ether oxygens (including phenoxy) is 2. The largest absolute Gasteiger partial charge is 0.460 e. The van der Waals surface area contributed by atoms with Crippen molar-refractivity contribution in [3.8, 4) is 0 Å². The molecule has 0 unspecified atom stereocenters. The first-order chi connectivity index (χ1) is 13.8. The van der Waals surface area contributed by atoms with Gasteiger partial charge in [0, 0.05) is 5.92 Å². The van der Waals surface area contributed by atoms with Crippen LogP contribution in [0, 0.1) is 11.8 Å². The minimum absolute atomic E-state index is 0.0590. The molecule has 154 valence electrons. The molecule has 0 aromatic heterocycles. The fourth-order valence-corrected chi connectivity index (χ4v) is 5.00. The fraction of sp³-hybridized carbons (Fsp3) is 0.500. The lowest BCUT2D eigenvalue weighted by molar-refractivity contribution is -0.162. The van der Waals surface area contributed by atoms with E-state index in [-0.39, 0.29) is 23.6 Å². The number of epoxide rings is 1. The van der Waals surface area contributed by atoms with Crippen molar-refractivity contribution in [2.24, 2.45) is 11.8 Å². The van der Waals surface area contributed by atoms with Crippen LogP contribution in [-0.2, 0) is 19.7 Å². The van der Waals surface area contributed by atoms with E-state index >= 15 is 0 Å². The lowest BCUT2D eigenvalue weighted by atomic mass is 9.64. The maximum Gasteiger partial charge on any atom is 0.341 e. The summed E-state index contributed by atoms with van der Waals surface area (Å²) in [4.78, 5) is 13.1. The Morgan fingerprint density at radius 1 is 1.03 bits per heavy atom. The molecule has 2 aromatic rings. The van der Waals surface area contributed by atoms with E-state index in [9.17, 15) is 4.79 Å². The third-order valence-corrected chi connectivity index (χ3v) is 7.07. The van der Waals surface area contributed by atoms with Crippen LogP contribution in [0.25, 0.3) is 0 Å². The van der Waals surface area contributed by atoms with E-state index in [1.165, 1.54) is 12.0 Å². The topological polar surface area (TPSA) is 38.8 Å². The number of esters is 1. The Labute approximate surface area is 174 Å². The molecule has 1 saturated carbocycles. The Morgan fingerprint density at radius 2 is 1.66 bits per heavy atom. The molecule has 1 heterocycles. The summed E-state index contributed by atoms with van der Waals surface area (Å²) in [6.45, 7) is 8.68. The van der Waals surface area contributed by atoms with E-state index in [4.69, 9.17) is 9.47 Å². The molecule has 2 aromatic carbocycles. The van der Waals surface area contributed by atoms with Gasteiger partial charge in [0.1, 0.15) is 12.2 Å². The van der Waals surface area contributed by atoms with E-state index in [0.717, 1.165) is 18.4 Å². The molecule has 1 aliphatic carbocycles. The van der Waals surface area contributed by atoms with Crippen molar-refractivity contribution in [3.05, 3.63) is 71.8 Å². The van der Waals surface area contributed by atoms with Gasteiger partial charge in [-0.05, 0) is 42.2 Å². The van der Waals surface area contributed by atoms with Crippen LogP contribution >= 0.6 is 0 Å². The molecular weight excluding hydrogens is 360 g/mol. The zero-order chi connectivity index (χ0) is 20.6. The van der Waals surface area contributed by atoms with Gasteiger partial charge in [-0.25, -0.2) is 4.79 Å². The Hall–Kier alpha value is -2.13. The van der Waals surface area contributed by atoms with Crippen molar-refractivity contribution >= 4 is 5.97 Å². The molecule has 1 aliphatic heterocycles. The highest BCUT2D eigenvalue weighted by Gasteiger charge is 2.61. The van der Waals surface area contributed by atoms with Crippen LogP contribution in [0.1, 0.15) is 64.2 Å². The second-order valence-corrected chi connectivity index (χ2v) is 9.57. The first kappa shape index (κ1) is 20.2. The zero-order valence-corrected chi connectivity index (χ0v) is 17.9. The standard InChI is InChI=1S/C26H32O3/c1-18-15-16-21(25(2,3)20-13-9-6-10-14-20)22(17-18)28-24(27)26(4)23(29-26)19-11-7-5-8-12-19/h5-14,18,21-23H,15-17H2,1-4H3/t18-,21-,22-,23-,26-/m1/s1. The van der Waals surface area contributed by atoms with Gasteiger partial charge in [-0.2, -0.15) is 0 Å². The van der Waals surface area contributed by atoms with E-state index in [1.807, 2.05) is 37.3 Å². The van der Waals surface area contributed by atoms with Crippen LogP contribution in [0.2, 0.25) is 0 Å². The van der Waals surface area contributed by atoms with Gasteiger partial charge >= 0.3 is 5.97 Å². The molecular formula is C26H32O3. The predicted octanol–water partition coefficient (Wildman–Crippen LogP) is 5.84. The molecule has 0 spiro atoms. The van der Waals surface area contributed by atoms with Gasteiger partial charge in [0.05, 0.1) is 0 Å². The monoisotopic (exact) mass is 392 g/mol. The average Bonchev–Trinajstić information content (AvgIpc) is 3.42. The lowest BCUT2D eigenvalue weighted by Crippen LogP contribution is -2.45. The Morgan fingerprint density at radius 3 is 2.31 bits per heavy atom. The maximum absolute atomic E-state index is 13.1. The van der Waals surface area contributed by atoms with Gasteiger partial charge in [0.25, 0.3) is 0 Å². The van der Waals surface area contributed by atoms with Gasteiger partial charge in [0.15, 0.2) is 5.60 Å². The van der Waals surface area contributed by atoms with E-state index in [1.54, 1.807) is 0 Å². The number of carbonyl (C=O) groups is 1. The van der Waals surface area contributed by atoms with Crippen molar-refractivity contribution in [1.29, 1.82) is 0 Å². The molecule has 2 fully saturated rings. The summed E-state index contributed by atoms with van der Waals surface area (Å²) in [6.07, 6.45) is 2.87. The first-order valence-electron chi connectivity index (χ1n) is 10.8. The normalized spacial score (nSPS) is 31.9. The van der Waals surface area contributed by atoms with Gasteiger partial charge in [-0.15, -0.1) is 0 Å². The van der Waals surface area contributed by atoms with Crippen LogP contribution in [0.15, 0.2) is 60.7 Å². The molecule has 0 radical (unpaired) electrons. The molecule has 3 nitrogen and oxygen atoms in total. The smallest absolute Gasteiger partial charge is 0.341 e. The number of carbonyl (C=O) groups excluding carboxylic acids is 1. The summed E-state index contributed by atoms with van der Waals surface area (Å²) in [5.41, 5.74) is 1.40. The molecule has 4 rings (SSSR count). The molecule has 0 N–H and O–H groups in total. The van der Waals surface area contributed by atoms with Crippen LogP contribution in [0.4, 0.5) is 0 Å². The highest BCUT2D eigenvalue weighted by atomic mass is 16.7.